The topological polar surface area (TPSA) is 42.7 Å². The molecule has 0 atom stereocenters. The maximum absolute atomic E-state index is 4.70. The second-order valence-corrected chi connectivity index (χ2v) is 4.12. The van der Waals surface area contributed by atoms with Crippen LogP contribution in [0.15, 0.2) is 24.5 Å². The van der Waals surface area contributed by atoms with E-state index in [0.29, 0.717) is 0 Å². The van der Waals surface area contributed by atoms with Crippen molar-refractivity contribution in [1.82, 2.24) is 19.9 Å². The van der Waals surface area contributed by atoms with Crippen molar-refractivity contribution in [2.75, 3.05) is 13.6 Å². The van der Waals surface area contributed by atoms with Crippen LogP contribution in [0.1, 0.15) is 11.4 Å². The van der Waals surface area contributed by atoms with Gasteiger partial charge in [-0.05, 0) is 26.1 Å². The van der Waals surface area contributed by atoms with Crippen molar-refractivity contribution in [2.24, 2.45) is 7.05 Å². The largest absolute Gasteiger partial charge is 0.331 e. The maximum Gasteiger partial charge on any atom is 0.141 e. The molecular formula is C13H18N4. The van der Waals surface area contributed by atoms with Gasteiger partial charge in [0.05, 0.1) is 5.69 Å². The van der Waals surface area contributed by atoms with Crippen LogP contribution in [0.4, 0.5) is 0 Å². The Morgan fingerprint density at radius 3 is 2.88 bits per heavy atom. The molecule has 0 fully saturated rings. The minimum atomic E-state index is 0.949. The van der Waals surface area contributed by atoms with Crippen LogP contribution >= 0.6 is 0 Å². The van der Waals surface area contributed by atoms with E-state index in [2.05, 4.69) is 21.8 Å². The number of hydrogen-bond donors (Lipinski definition) is 1. The number of likely N-dealkylation sites (N-methyl/N-ethyl adjacent to an activating group) is 1. The lowest BCUT2D eigenvalue weighted by molar-refractivity contribution is 0.772. The van der Waals surface area contributed by atoms with E-state index in [0.717, 1.165) is 30.0 Å². The highest BCUT2D eigenvalue weighted by atomic mass is 15.1. The van der Waals surface area contributed by atoms with Gasteiger partial charge in [0.25, 0.3) is 0 Å². The van der Waals surface area contributed by atoms with Crippen molar-refractivity contribution >= 4 is 0 Å². The van der Waals surface area contributed by atoms with Gasteiger partial charge >= 0.3 is 0 Å². The molecule has 0 saturated carbocycles. The first-order valence-corrected chi connectivity index (χ1v) is 5.81. The zero-order valence-electron chi connectivity index (χ0n) is 10.6. The molecule has 2 aromatic heterocycles. The molecule has 0 saturated heterocycles. The lowest BCUT2D eigenvalue weighted by atomic mass is 10.2. The van der Waals surface area contributed by atoms with Gasteiger partial charge < -0.3 is 9.88 Å². The summed E-state index contributed by atoms with van der Waals surface area (Å²) in [4.78, 5) is 8.84. The summed E-state index contributed by atoms with van der Waals surface area (Å²) < 4.78 is 2.13. The van der Waals surface area contributed by atoms with Crippen LogP contribution in [-0.2, 0) is 13.5 Å². The second-order valence-electron chi connectivity index (χ2n) is 4.12. The van der Waals surface area contributed by atoms with Crippen LogP contribution in [0.3, 0.4) is 0 Å². The lowest BCUT2D eigenvalue weighted by Crippen LogP contribution is -2.11. The van der Waals surface area contributed by atoms with Crippen LogP contribution in [-0.4, -0.2) is 28.1 Å². The molecule has 1 N–H and O–H groups in total. The molecule has 2 aromatic rings. The van der Waals surface area contributed by atoms with Crippen molar-refractivity contribution in [1.29, 1.82) is 0 Å². The van der Waals surface area contributed by atoms with E-state index in [1.54, 1.807) is 6.20 Å². The normalized spacial score (nSPS) is 10.8. The summed E-state index contributed by atoms with van der Waals surface area (Å²) in [6.45, 7) is 3.06. The quantitative estimate of drug-likeness (QED) is 0.866. The molecule has 0 bridgehead atoms. The Labute approximate surface area is 102 Å². The third kappa shape index (κ3) is 2.36. The van der Waals surface area contributed by atoms with Gasteiger partial charge in [0.15, 0.2) is 0 Å². The molecule has 0 aromatic carbocycles. The van der Waals surface area contributed by atoms with E-state index in [1.807, 2.05) is 32.4 Å². The summed E-state index contributed by atoms with van der Waals surface area (Å²) in [6, 6.07) is 3.98. The van der Waals surface area contributed by atoms with E-state index in [1.165, 1.54) is 5.69 Å². The van der Waals surface area contributed by atoms with Crippen LogP contribution in [0.5, 0.6) is 0 Å². The van der Waals surface area contributed by atoms with Gasteiger partial charge in [0, 0.05) is 43.7 Å². The van der Waals surface area contributed by atoms with Crippen LogP contribution in [0.25, 0.3) is 11.4 Å². The summed E-state index contributed by atoms with van der Waals surface area (Å²) in [7, 11) is 4.01. The van der Waals surface area contributed by atoms with Gasteiger partial charge in [-0.15, -0.1) is 0 Å². The first kappa shape index (κ1) is 11.8. The van der Waals surface area contributed by atoms with E-state index < -0.39 is 0 Å². The average molecular weight is 230 g/mol. The molecule has 2 rings (SSSR count). The molecule has 2 heterocycles. The average Bonchev–Trinajstić information content (AvgIpc) is 2.65. The fourth-order valence-electron chi connectivity index (χ4n) is 1.87. The van der Waals surface area contributed by atoms with Gasteiger partial charge in [-0.1, -0.05) is 0 Å². The molecule has 17 heavy (non-hydrogen) atoms. The number of hydrogen-bond acceptors (Lipinski definition) is 3. The molecule has 0 radical (unpaired) electrons. The Hall–Kier alpha value is -1.68. The summed E-state index contributed by atoms with van der Waals surface area (Å²) in [6.07, 6.45) is 4.58. The number of aromatic nitrogens is 3. The first-order chi connectivity index (χ1) is 8.24. The van der Waals surface area contributed by atoms with Crippen molar-refractivity contribution in [3.05, 3.63) is 35.9 Å². The Kier molecular flexibility index (Phi) is 3.54. The molecule has 4 nitrogen and oxygen atoms in total. The third-order valence-electron chi connectivity index (χ3n) is 3.01. The van der Waals surface area contributed by atoms with E-state index >= 15 is 0 Å². The van der Waals surface area contributed by atoms with E-state index in [9.17, 15) is 0 Å². The monoisotopic (exact) mass is 230 g/mol. The SMILES string of the molecule is CNCCc1nc(-c2cccnc2)n(C)c1C. The number of pyridine rings is 1. The first-order valence-electron chi connectivity index (χ1n) is 5.81. The Morgan fingerprint density at radius 1 is 1.41 bits per heavy atom. The number of nitrogens with one attached hydrogen (secondary N) is 1. The minimum Gasteiger partial charge on any atom is -0.331 e. The lowest BCUT2D eigenvalue weighted by Gasteiger charge is -2.02. The fourth-order valence-corrected chi connectivity index (χ4v) is 1.87. The summed E-state index contributed by atoms with van der Waals surface area (Å²) in [5.41, 5.74) is 3.44. The van der Waals surface area contributed by atoms with E-state index in [-0.39, 0.29) is 0 Å². The highest BCUT2D eigenvalue weighted by Gasteiger charge is 2.11. The van der Waals surface area contributed by atoms with Gasteiger partial charge in [0.2, 0.25) is 0 Å². The predicted molar refractivity (Wildman–Crippen MR) is 68.8 cm³/mol. The number of nitrogens with zero attached hydrogens (tertiary/aromatic N) is 3. The molecule has 4 heteroatoms. The Balaban J connectivity index is 2.36. The standard InChI is InChI=1S/C13H18N4/c1-10-12(6-8-14-2)16-13(17(10)3)11-5-4-7-15-9-11/h4-5,7,9,14H,6,8H2,1-3H3. The molecule has 0 aliphatic carbocycles. The fraction of sp³-hybridized carbons (Fsp3) is 0.385. The molecule has 90 valence electrons. The summed E-state index contributed by atoms with van der Waals surface area (Å²) in [5.74, 6) is 0.988. The van der Waals surface area contributed by atoms with Crippen molar-refractivity contribution in [3.8, 4) is 11.4 Å². The molecule has 0 unspecified atom stereocenters. The summed E-state index contributed by atoms with van der Waals surface area (Å²) in [5, 5.41) is 3.15. The van der Waals surface area contributed by atoms with Crippen LogP contribution < -0.4 is 5.32 Å². The van der Waals surface area contributed by atoms with Crippen molar-refractivity contribution < 1.29 is 0 Å². The molecule has 0 spiro atoms. The second kappa shape index (κ2) is 5.10. The number of rotatable bonds is 4. The zero-order valence-corrected chi connectivity index (χ0v) is 10.6. The predicted octanol–water partition coefficient (Wildman–Crippen LogP) is 1.55. The highest BCUT2D eigenvalue weighted by Crippen LogP contribution is 2.20. The smallest absolute Gasteiger partial charge is 0.141 e. The van der Waals surface area contributed by atoms with Gasteiger partial charge in [-0.3, -0.25) is 4.98 Å². The highest BCUT2D eigenvalue weighted by molar-refractivity contribution is 5.55. The zero-order chi connectivity index (χ0) is 12.3. The van der Waals surface area contributed by atoms with Gasteiger partial charge in [-0.2, -0.15) is 0 Å². The van der Waals surface area contributed by atoms with Crippen LogP contribution in [0, 0.1) is 6.92 Å². The molecular weight excluding hydrogens is 212 g/mol. The van der Waals surface area contributed by atoms with Crippen LogP contribution in [0.2, 0.25) is 0 Å². The summed E-state index contributed by atoms with van der Waals surface area (Å²) >= 11 is 0. The number of imidazole rings is 1. The third-order valence-corrected chi connectivity index (χ3v) is 3.01. The van der Waals surface area contributed by atoms with Gasteiger partial charge in [-0.25, -0.2) is 4.98 Å². The maximum atomic E-state index is 4.70. The molecule has 0 aliphatic heterocycles. The van der Waals surface area contributed by atoms with Gasteiger partial charge in [0.1, 0.15) is 5.82 Å². The van der Waals surface area contributed by atoms with E-state index in [4.69, 9.17) is 4.98 Å². The van der Waals surface area contributed by atoms with Crippen molar-refractivity contribution in [3.63, 3.8) is 0 Å². The minimum absolute atomic E-state index is 0.949. The Bertz CT molecular complexity index is 488. The molecule has 0 amide bonds. The van der Waals surface area contributed by atoms with Crippen molar-refractivity contribution in [2.45, 2.75) is 13.3 Å². The molecule has 0 aliphatic rings. The Morgan fingerprint density at radius 2 is 2.24 bits per heavy atom.